The Balaban J connectivity index is 2.35. The highest BCUT2D eigenvalue weighted by atomic mass is 32.2. The molecule has 0 aliphatic heterocycles. The Kier molecular flexibility index (Phi) is 4.05. The maximum Gasteiger partial charge on any atom is 0.338 e. The normalized spacial score (nSPS) is 11.8. The van der Waals surface area contributed by atoms with Gasteiger partial charge in [0.15, 0.2) is 0 Å². The fourth-order valence-corrected chi connectivity index (χ4v) is 2.90. The first-order valence-corrected chi connectivity index (χ1v) is 7.23. The molecule has 1 aromatic carbocycles. The first-order chi connectivity index (χ1) is 9.82. The fraction of sp³-hybridized carbons (Fsp3) is 0.167. The minimum absolute atomic E-state index is 0.0542. The Labute approximate surface area is 120 Å². The van der Waals surface area contributed by atoms with E-state index in [0.717, 1.165) is 22.5 Å². The minimum Gasteiger partial charge on any atom is -0.478 e. The Morgan fingerprint density at radius 3 is 2.76 bits per heavy atom. The van der Waals surface area contributed by atoms with Gasteiger partial charge in [0.2, 0.25) is 10.0 Å². The molecular weight excluding hydrogens is 301 g/mol. The lowest BCUT2D eigenvalue weighted by molar-refractivity contribution is 0.0691. The second-order valence-corrected chi connectivity index (χ2v) is 6.36. The number of aromatic nitrogens is 2. The number of H-pyrrole nitrogens is 1. The van der Waals surface area contributed by atoms with Crippen molar-refractivity contribution in [2.45, 2.75) is 11.4 Å². The van der Waals surface area contributed by atoms with Gasteiger partial charge in [-0.1, -0.05) is 0 Å². The predicted octanol–water partition coefficient (Wildman–Crippen LogP) is 1.07. The van der Waals surface area contributed by atoms with Crippen LogP contribution in [0.15, 0.2) is 35.5 Å². The molecule has 9 heteroatoms. The Morgan fingerprint density at radius 1 is 1.48 bits per heavy atom. The van der Waals surface area contributed by atoms with Crippen molar-refractivity contribution in [2.24, 2.45) is 0 Å². The van der Waals surface area contributed by atoms with E-state index in [9.17, 15) is 17.6 Å². The SMILES string of the molecule is CN(Cc1cn[nH]c1)S(=O)(=O)c1ccc(F)c(C(=O)O)c1. The van der Waals surface area contributed by atoms with Crippen LogP contribution in [-0.4, -0.2) is 41.0 Å². The summed E-state index contributed by atoms with van der Waals surface area (Å²) in [6.07, 6.45) is 3.01. The predicted molar refractivity (Wildman–Crippen MR) is 70.6 cm³/mol. The molecular formula is C12H12FN3O4S. The van der Waals surface area contributed by atoms with Gasteiger partial charge in [-0.15, -0.1) is 0 Å². The van der Waals surface area contributed by atoms with Crippen LogP contribution in [0.25, 0.3) is 0 Å². The Bertz CT molecular complexity index is 759. The number of nitrogens with zero attached hydrogens (tertiary/aromatic N) is 2. The van der Waals surface area contributed by atoms with Gasteiger partial charge in [-0.25, -0.2) is 17.6 Å². The van der Waals surface area contributed by atoms with Crippen LogP contribution in [-0.2, 0) is 16.6 Å². The number of aromatic amines is 1. The highest BCUT2D eigenvalue weighted by Crippen LogP contribution is 2.19. The van der Waals surface area contributed by atoms with Crippen LogP contribution in [0, 0.1) is 5.82 Å². The zero-order valence-corrected chi connectivity index (χ0v) is 11.8. The molecule has 0 aliphatic rings. The molecule has 21 heavy (non-hydrogen) atoms. The summed E-state index contributed by atoms with van der Waals surface area (Å²) < 4.78 is 39.0. The number of benzene rings is 1. The molecule has 2 aromatic rings. The van der Waals surface area contributed by atoms with E-state index >= 15 is 0 Å². The summed E-state index contributed by atoms with van der Waals surface area (Å²) in [4.78, 5) is 10.6. The summed E-state index contributed by atoms with van der Waals surface area (Å²) >= 11 is 0. The van der Waals surface area contributed by atoms with E-state index in [1.807, 2.05) is 0 Å². The van der Waals surface area contributed by atoms with Crippen LogP contribution in [0.5, 0.6) is 0 Å². The smallest absolute Gasteiger partial charge is 0.338 e. The molecule has 0 fully saturated rings. The van der Waals surface area contributed by atoms with Gasteiger partial charge in [-0.3, -0.25) is 5.10 Å². The third-order valence-electron chi connectivity index (χ3n) is 2.84. The lowest BCUT2D eigenvalue weighted by Gasteiger charge is -2.16. The Hall–Kier alpha value is -2.26. The number of hydrogen-bond acceptors (Lipinski definition) is 4. The molecule has 0 saturated heterocycles. The van der Waals surface area contributed by atoms with Crippen LogP contribution in [0.1, 0.15) is 15.9 Å². The third kappa shape index (κ3) is 3.09. The van der Waals surface area contributed by atoms with E-state index in [4.69, 9.17) is 5.11 Å². The molecule has 2 N–H and O–H groups in total. The second kappa shape index (κ2) is 5.62. The van der Waals surface area contributed by atoms with Crippen molar-refractivity contribution >= 4 is 16.0 Å². The third-order valence-corrected chi connectivity index (χ3v) is 4.64. The van der Waals surface area contributed by atoms with Crippen LogP contribution in [0.4, 0.5) is 4.39 Å². The average Bonchev–Trinajstić information content (AvgIpc) is 2.91. The quantitative estimate of drug-likeness (QED) is 0.859. The number of halogens is 1. The number of carboxylic acids is 1. The van der Waals surface area contributed by atoms with Crippen LogP contribution < -0.4 is 0 Å². The van der Waals surface area contributed by atoms with Gasteiger partial charge in [0.25, 0.3) is 0 Å². The molecule has 0 amide bonds. The first-order valence-electron chi connectivity index (χ1n) is 5.79. The monoisotopic (exact) mass is 313 g/mol. The molecule has 1 heterocycles. The molecule has 1 aromatic heterocycles. The number of rotatable bonds is 5. The molecule has 0 unspecified atom stereocenters. The standard InChI is InChI=1S/C12H12FN3O4S/c1-16(7-8-5-14-15-6-8)21(19,20)9-2-3-11(13)10(4-9)12(17)18/h2-6H,7H2,1H3,(H,14,15)(H,17,18). The highest BCUT2D eigenvalue weighted by molar-refractivity contribution is 7.89. The zero-order valence-electron chi connectivity index (χ0n) is 10.9. The number of nitrogens with one attached hydrogen (secondary N) is 1. The second-order valence-electron chi connectivity index (χ2n) is 4.31. The van der Waals surface area contributed by atoms with E-state index < -0.39 is 27.4 Å². The number of sulfonamides is 1. The largest absolute Gasteiger partial charge is 0.478 e. The van der Waals surface area contributed by atoms with Crippen molar-refractivity contribution in [3.63, 3.8) is 0 Å². The number of aromatic carboxylic acids is 1. The summed E-state index contributed by atoms with van der Waals surface area (Å²) in [5.74, 6) is -2.51. The zero-order chi connectivity index (χ0) is 15.6. The first kappa shape index (κ1) is 15.1. The van der Waals surface area contributed by atoms with E-state index in [-0.39, 0.29) is 11.4 Å². The van der Waals surface area contributed by atoms with Crippen molar-refractivity contribution in [1.29, 1.82) is 0 Å². The molecule has 0 bridgehead atoms. The van der Waals surface area contributed by atoms with Crippen molar-refractivity contribution in [3.8, 4) is 0 Å². The van der Waals surface area contributed by atoms with Gasteiger partial charge in [0.05, 0.1) is 16.7 Å². The molecule has 0 saturated carbocycles. The van der Waals surface area contributed by atoms with Crippen LogP contribution in [0.3, 0.4) is 0 Å². The van der Waals surface area contributed by atoms with Gasteiger partial charge < -0.3 is 5.11 Å². The van der Waals surface area contributed by atoms with E-state index in [1.165, 1.54) is 13.2 Å². The number of hydrogen-bond donors (Lipinski definition) is 2. The number of carboxylic acid groups (broad SMARTS) is 1. The van der Waals surface area contributed by atoms with Crippen molar-refractivity contribution < 1.29 is 22.7 Å². The summed E-state index contributed by atoms with van der Waals surface area (Å²) in [6, 6.07) is 2.66. The summed E-state index contributed by atoms with van der Waals surface area (Å²) in [5.41, 5.74) is -0.0468. The molecule has 0 radical (unpaired) electrons. The van der Waals surface area contributed by atoms with Gasteiger partial charge in [0, 0.05) is 25.4 Å². The summed E-state index contributed by atoms with van der Waals surface area (Å²) in [5, 5.41) is 15.1. The lowest BCUT2D eigenvalue weighted by Crippen LogP contribution is -2.26. The van der Waals surface area contributed by atoms with Crippen LogP contribution in [0.2, 0.25) is 0 Å². The molecule has 2 rings (SSSR count). The van der Waals surface area contributed by atoms with E-state index in [2.05, 4.69) is 10.2 Å². The maximum absolute atomic E-state index is 13.3. The van der Waals surface area contributed by atoms with Gasteiger partial charge >= 0.3 is 5.97 Å². The topological polar surface area (TPSA) is 103 Å². The Morgan fingerprint density at radius 2 is 2.19 bits per heavy atom. The maximum atomic E-state index is 13.3. The van der Waals surface area contributed by atoms with Crippen molar-refractivity contribution in [1.82, 2.24) is 14.5 Å². The average molecular weight is 313 g/mol. The van der Waals surface area contributed by atoms with Crippen LogP contribution >= 0.6 is 0 Å². The molecule has 7 nitrogen and oxygen atoms in total. The highest BCUT2D eigenvalue weighted by Gasteiger charge is 2.23. The van der Waals surface area contributed by atoms with Crippen molar-refractivity contribution in [3.05, 3.63) is 47.5 Å². The number of carbonyl (C=O) groups is 1. The van der Waals surface area contributed by atoms with Crippen molar-refractivity contribution in [2.75, 3.05) is 7.05 Å². The van der Waals surface area contributed by atoms with Gasteiger partial charge in [-0.2, -0.15) is 9.40 Å². The van der Waals surface area contributed by atoms with E-state index in [0.29, 0.717) is 5.56 Å². The lowest BCUT2D eigenvalue weighted by atomic mass is 10.2. The van der Waals surface area contributed by atoms with Gasteiger partial charge in [-0.05, 0) is 18.2 Å². The fourth-order valence-electron chi connectivity index (χ4n) is 1.71. The summed E-state index contributed by atoms with van der Waals surface area (Å²) in [6.45, 7) is 0.0542. The molecule has 0 aliphatic carbocycles. The molecule has 0 spiro atoms. The minimum atomic E-state index is -3.93. The summed E-state index contributed by atoms with van der Waals surface area (Å²) in [7, 11) is -2.59. The molecule has 112 valence electrons. The van der Waals surface area contributed by atoms with Gasteiger partial charge in [0.1, 0.15) is 5.82 Å². The molecule has 0 atom stereocenters. The van der Waals surface area contributed by atoms with E-state index in [1.54, 1.807) is 6.20 Å².